The summed E-state index contributed by atoms with van der Waals surface area (Å²) < 4.78 is 1.50. The van der Waals surface area contributed by atoms with Gasteiger partial charge in [0, 0.05) is 18.0 Å². The zero-order valence-electron chi connectivity index (χ0n) is 8.84. The summed E-state index contributed by atoms with van der Waals surface area (Å²) >= 11 is 6.23. The van der Waals surface area contributed by atoms with Crippen molar-refractivity contribution in [1.82, 2.24) is 14.1 Å². The van der Waals surface area contributed by atoms with Gasteiger partial charge in [0.05, 0.1) is 16.6 Å². The van der Waals surface area contributed by atoms with Crippen LogP contribution in [0.25, 0.3) is 22.4 Å². The van der Waals surface area contributed by atoms with Gasteiger partial charge in [0.1, 0.15) is 5.82 Å². The Hall–Kier alpha value is -2.07. The van der Waals surface area contributed by atoms with E-state index < -0.39 is 0 Å². The number of nitrogens with zero attached hydrogens (tertiary/aromatic N) is 3. The Balaban J connectivity index is 2.32. The number of hydrogen-bond donors (Lipinski definition) is 1. The number of imidazole rings is 1. The van der Waals surface area contributed by atoms with Crippen LogP contribution in [0.2, 0.25) is 0 Å². The van der Waals surface area contributed by atoms with Crippen LogP contribution >= 0.6 is 11.8 Å². The van der Waals surface area contributed by atoms with Crippen molar-refractivity contribution in [1.29, 1.82) is 0 Å². The molecule has 84 valence electrons. The van der Waals surface area contributed by atoms with E-state index in [-0.39, 0.29) is 0 Å². The Labute approximate surface area is 103 Å². The predicted molar refractivity (Wildman–Crippen MR) is 68.6 cm³/mol. The van der Waals surface area contributed by atoms with Crippen molar-refractivity contribution < 1.29 is 0 Å². The molecule has 0 bridgehead atoms. The first-order valence-electron chi connectivity index (χ1n) is 5.12. The Morgan fingerprint density at radius 1 is 1.12 bits per heavy atom. The van der Waals surface area contributed by atoms with Gasteiger partial charge in [0.15, 0.2) is 5.82 Å². The van der Waals surface area contributed by atoms with Gasteiger partial charge in [-0.2, -0.15) is 0 Å². The lowest BCUT2D eigenvalue weighted by Gasteiger charge is -2.02. The van der Waals surface area contributed by atoms with Gasteiger partial charge in [-0.1, -0.05) is 12.1 Å². The molecule has 2 heterocycles. The van der Waals surface area contributed by atoms with Crippen molar-refractivity contribution >= 4 is 28.6 Å². The van der Waals surface area contributed by atoms with Crippen LogP contribution in [0.5, 0.6) is 0 Å². The van der Waals surface area contributed by atoms with E-state index in [1.807, 2.05) is 36.4 Å². The molecule has 0 aliphatic rings. The van der Waals surface area contributed by atoms with Gasteiger partial charge in [-0.3, -0.25) is 0 Å². The fourth-order valence-electron chi connectivity index (χ4n) is 1.77. The van der Waals surface area contributed by atoms with Crippen LogP contribution in [0.3, 0.4) is 0 Å². The third-order valence-corrected chi connectivity index (χ3v) is 2.93. The molecular weight excluding hydrogens is 236 g/mol. The highest BCUT2D eigenvalue weighted by Gasteiger charge is 2.13. The number of hydrogen-bond acceptors (Lipinski definition) is 3. The zero-order chi connectivity index (χ0) is 11.8. The lowest BCUT2D eigenvalue weighted by molar-refractivity contribution is 1.23. The molecule has 0 aliphatic carbocycles. The van der Waals surface area contributed by atoms with E-state index in [9.17, 15) is 0 Å². The third kappa shape index (κ3) is 1.54. The molecule has 3 rings (SSSR count). The van der Waals surface area contributed by atoms with E-state index in [0.717, 1.165) is 16.6 Å². The molecule has 0 atom stereocenters. The topological polar surface area (TPSA) is 56.7 Å². The second-order valence-corrected chi connectivity index (χ2v) is 3.98. The summed E-state index contributed by atoms with van der Waals surface area (Å²) in [6, 6.07) is 11.3. The SMILES string of the molecule is Nc1ncccc1-c1nc2ccccc2n1Cl. The van der Waals surface area contributed by atoms with Crippen molar-refractivity contribution in [2.45, 2.75) is 0 Å². The van der Waals surface area contributed by atoms with Gasteiger partial charge in [0.2, 0.25) is 0 Å². The number of halogens is 1. The number of anilines is 1. The minimum atomic E-state index is 0.421. The van der Waals surface area contributed by atoms with E-state index >= 15 is 0 Å². The first-order chi connectivity index (χ1) is 8.27. The molecule has 0 unspecified atom stereocenters. The summed E-state index contributed by atoms with van der Waals surface area (Å²) in [4.78, 5) is 8.49. The van der Waals surface area contributed by atoms with E-state index in [4.69, 9.17) is 17.5 Å². The third-order valence-electron chi connectivity index (χ3n) is 2.58. The number of fused-ring (bicyclic) bond motifs is 1. The molecule has 1 aromatic carbocycles. The quantitative estimate of drug-likeness (QED) is 0.716. The first-order valence-corrected chi connectivity index (χ1v) is 5.45. The van der Waals surface area contributed by atoms with Crippen LogP contribution in [0.15, 0.2) is 42.6 Å². The fraction of sp³-hybridized carbons (Fsp3) is 0. The van der Waals surface area contributed by atoms with Gasteiger partial charge in [0.25, 0.3) is 0 Å². The average Bonchev–Trinajstić information content (AvgIpc) is 2.68. The molecule has 17 heavy (non-hydrogen) atoms. The largest absolute Gasteiger partial charge is 0.383 e. The molecule has 0 fully saturated rings. The van der Waals surface area contributed by atoms with Crippen LogP contribution in [-0.4, -0.2) is 14.1 Å². The van der Waals surface area contributed by atoms with Crippen LogP contribution in [0.1, 0.15) is 0 Å². The smallest absolute Gasteiger partial charge is 0.159 e. The number of rotatable bonds is 1. The molecule has 0 saturated heterocycles. The molecule has 4 nitrogen and oxygen atoms in total. The Morgan fingerprint density at radius 2 is 1.94 bits per heavy atom. The molecule has 0 aliphatic heterocycles. The highest BCUT2D eigenvalue weighted by Crippen LogP contribution is 2.28. The summed E-state index contributed by atoms with van der Waals surface area (Å²) in [5.41, 5.74) is 8.24. The summed E-state index contributed by atoms with van der Waals surface area (Å²) in [7, 11) is 0. The van der Waals surface area contributed by atoms with Crippen LogP contribution in [0.4, 0.5) is 5.82 Å². The summed E-state index contributed by atoms with van der Waals surface area (Å²) in [6.45, 7) is 0. The first kappa shape index (κ1) is 10.1. The van der Waals surface area contributed by atoms with Crippen molar-refractivity contribution in [3.63, 3.8) is 0 Å². The lowest BCUT2D eigenvalue weighted by atomic mass is 10.2. The second kappa shape index (κ2) is 3.75. The molecule has 2 aromatic heterocycles. The maximum atomic E-state index is 6.23. The van der Waals surface area contributed by atoms with Gasteiger partial charge in [-0.05, 0) is 24.3 Å². The fourth-order valence-corrected chi connectivity index (χ4v) is 2.04. The summed E-state index contributed by atoms with van der Waals surface area (Å²) in [5.74, 6) is 1.03. The number of para-hydroxylation sites is 2. The van der Waals surface area contributed by atoms with Crippen molar-refractivity contribution in [2.24, 2.45) is 0 Å². The number of nitrogen functional groups attached to an aromatic ring is 1. The van der Waals surface area contributed by atoms with Crippen molar-refractivity contribution in [2.75, 3.05) is 5.73 Å². The molecule has 2 N–H and O–H groups in total. The van der Waals surface area contributed by atoms with Crippen LogP contribution in [-0.2, 0) is 0 Å². The molecular formula is C12H9ClN4. The summed E-state index contributed by atoms with van der Waals surface area (Å²) in [6.07, 6.45) is 1.64. The lowest BCUT2D eigenvalue weighted by Crippen LogP contribution is -1.96. The Morgan fingerprint density at radius 3 is 2.71 bits per heavy atom. The zero-order valence-corrected chi connectivity index (χ0v) is 9.59. The highest BCUT2D eigenvalue weighted by molar-refractivity contribution is 6.20. The normalized spacial score (nSPS) is 10.9. The van der Waals surface area contributed by atoms with E-state index in [0.29, 0.717) is 11.6 Å². The average molecular weight is 245 g/mol. The van der Waals surface area contributed by atoms with Crippen molar-refractivity contribution in [3.8, 4) is 11.4 Å². The maximum Gasteiger partial charge on any atom is 0.159 e. The van der Waals surface area contributed by atoms with Gasteiger partial charge >= 0.3 is 0 Å². The molecule has 0 radical (unpaired) electrons. The van der Waals surface area contributed by atoms with Gasteiger partial charge < -0.3 is 5.73 Å². The predicted octanol–water partition coefficient (Wildman–Crippen LogP) is 2.68. The minimum absolute atomic E-state index is 0.421. The second-order valence-electron chi connectivity index (χ2n) is 3.64. The van der Waals surface area contributed by atoms with Crippen molar-refractivity contribution in [3.05, 3.63) is 42.6 Å². The number of aromatic nitrogens is 3. The van der Waals surface area contributed by atoms with E-state index in [1.165, 1.54) is 4.09 Å². The standard InChI is InChI=1S/C12H9ClN4/c13-17-10-6-2-1-5-9(10)16-12(17)8-4-3-7-15-11(8)14/h1-7H,(H2,14,15). The number of pyridine rings is 1. The number of benzene rings is 1. The van der Waals surface area contributed by atoms with Gasteiger partial charge in [-0.25, -0.2) is 14.1 Å². The molecule has 0 saturated carbocycles. The van der Waals surface area contributed by atoms with E-state index in [1.54, 1.807) is 6.20 Å². The monoisotopic (exact) mass is 244 g/mol. The molecule has 5 heteroatoms. The molecule has 3 aromatic rings. The van der Waals surface area contributed by atoms with E-state index in [2.05, 4.69) is 9.97 Å². The summed E-state index contributed by atoms with van der Waals surface area (Å²) in [5, 5.41) is 0. The van der Waals surface area contributed by atoms with Gasteiger partial charge in [-0.15, -0.1) is 0 Å². The molecule has 0 amide bonds. The molecule has 0 spiro atoms. The number of nitrogens with two attached hydrogens (primary N) is 1. The van der Waals surface area contributed by atoms with Crippen LogP contribution in [0, 0.1) is 0 Å². The Bertz CT molecular complexity index is 690. The maximum absolute atomic E-state index is 6.23. The Kier molecular flexibility index (Phi) is 2.23. The van der Waals surface area contributed by atoms with Crippen LogP contribution < -0.4 is 5.73 Å². The highest BCUT2D eigenvalue weighted by atomic mass is 35.5. The minimum Gasteiger partial charge on any atom is -0.383 e.